The van der Waals surface area contributed by atoms with Gasteiger partial charge in [0.15, 0.2) is 4.90 Å². The van der Waals surface area contributed by atoms with E-state index in [-0.39, 0.29) is 17.9 Å². The molecule has 13 heavy (non-hydrogen) atoms. The van der Waals surface area contributed by atoms with Gasteiger partial charge in [-0.25, -0.2) is 0 Å². The molecule has 4 heteroatoms. The van der Waals surface area contributed by atoms with Crippen molar-refractivity contribution in [1.29, 1.82) is 0 Å². The highest BCUT2D eigenvalue weighted by molar-refractivity contribution is 7.91. The quantitative estimate of drug-likeness (QED) is 0.608. The highest BCUT2D eigenvalue weighted by atomic mass is 35.5. The van der Waals surface area contributed by atoms with Gasteiger partial charge < -0.3 is 10.0 Å². The first kappa shape index (κ1) is 12.5. The molecule has 0 saturated heterocycles. The Labute approximate surface area is 86.6 Å². The van der Waals surface area contributed by atoms with Gasteiger partial charge in [-0.1, -0.05) is 12.1 Å². The van der Waals surface area contributed by atoms with Crippen molar-refractivity contribution in [3.05, 3.63) is 35.9 Å². The molecule has 0 radical (unpaired) electrons. The molecule has 0 fully saturated rings. The van der Waals surface area contributed by atoms with Gasteiger partial charge in [-0.05, 0) is 35.5 Å². The van der Waals surface area contributed by atoms with Gasteiger partial charge in [0.05, 0.1) is 0 Å². The SMILES string of the molecule is Cl.O.[O-][S+]1CC=Cc2ccccc21. The normalized spacial score (nSPS) is 18.1. The third kappa shape index (κ3) is 2.48. The van der Waals surface area contributed by atoms with Gasteiger partial charge in [0.1, 0.15) is 5.75 Å². The number of fused-ring (bicyclic) bond motifs is 1. The Morgan fingerprint density at radius 3 is 2.62 bits per heavy atom. The minimum Gasteiger partial charge on any atom is -0.611 e. The summed E-state index contributed by atoms with van der Waals surface area (Å²) in [5, 5.41) is 0. The summed E-state index contributed by atoms with van der Waals surface area (Å²) in [5.74, 6) is 0.664. The van der Waals surface area contributed by atoms with Crippen molar-refractivity contribution >= 4 is 29.7 Å². The maximum atomic E-state index is 11.3. The van der Waals surface area contributed by atoms with Gasteiger partial charge in [0, 0.05) is 5.56 Å². The molecule has 0 aromatic heterocycles. The predicted octanol–water partition coefficient (Wildman–Crippen LogP) is 1.42. The molecule has 0 amide bonds. The summed E-state index contributed by atoms with van der Waals surface area (Å²) in [4.78, 5) is 0.968. The Hall–Kier alpha value is -0.480. The summed E-state index contributed by atoms with van der Waals surface area (Å²) < 4.78 is 11.3. The third-order valence-electron chi connectivity index (χ3n) is 1.71. The van der Waals surface area contributed by atoms with Crippen LogP contribution in [0, 0.1) is 0 Å². The van der Waals surface area contributed by atoms with Crippen LogP contribution in [0.2, 0.25) is 0 Å². The molecule has 2 N–H and O–H groups in total. The van der Waals surface area contributed by atoms with Crippen LogP contribution in [-0.4, -0.2) is 15.8 Å². The van der Waals surface area contributed by atoms with E-state index < -0.39 is 11.2 Å². The zero-order valence-electron chi connectivity index (χ0n) is 6.90. The highest BCUT2D eigenvalue weighted by Crippen LogP contribution is 2.22. The third-order valence-corrected chi connectivity index (χ3v) is 3.07. The maximum absolute atomic E-state index is 11.3. The fourth-order valence-corrected chi connectivity index (χ4v) is 2.26. The minimum absolute atomic E-state index is 0. The Morgan fingerprint density at radius 2 is 1.92 bits per heavy atom. The van der Waals surface area contributed by atoms with Crippen LogP contribution in [0.4, 0.5) is 0 Å². The molecule has 1 aromatic rings. The maximum Gasteiger partial charge on any atom is 0.160 e. The van der Waals surface area contributed by atoms with E-state index in [0.29, 0.717) is 5.75 Å². The molecule has 2 nitrogen and oxygen atoms in total. The van der Waals surface area contributed by atoms with E-state index in [2.05, 4.69) is 0 Å². The molecule has 1 heterocycles. The highest BCUT2D eigenvalue weighted by Gasteiger charge is 2.15. The average Bonchev–Trinajstić information content (AvgIpc) is 2.06. The monoisotopic (exact) mass is 218 g/mol. The molecule has 72 valence electrons. The van der Waals surface area contributed by atoms with Crippen molar-refractivity contribution in [3.8, 4) is 0 Å². The molecule has 0 saturated carbocycles. The van der Waals surface area contributed by atoms with Gasteiger partial charge in [-0.2, -0.15) is 0 Å². The summed E-state index contributed by atoms with van der Waals surface area (Å²) in [7, 11) is 0. The van der Waals surface area contributed by atoms with E-state index >= 15 is 0 Å². The van der Waals surface area contributed by atoms with Gasteiger partial charge in [-0.15, -0.1) is 12.4 Å². The van der Waals surface area contributed by atoms with Crippen LogP contribution in [0.3, 0.4) is 0 Å². The number of halogens is 1. The lowest BCUT2D eigenvalue weighted by atomic mass is 10.2. The Balaban J connectivity index is 0.000000720. The molecule has 2 rings (SSSR count). The van der Waals surface area contributed by atoms with Crippen LogP contribution in [0.1, 0.15) is 5.56 Å². The Kier molecular flexibility index (Phi) is 5.10. The van der Waals surface area contributed by atoms with Crippen LogP contribution in [0.15, 0.2) is 35.2 Å². The molecule has 0 aliphatic carbocycles. The van der Waals surface area contributed by atoms with Crippen LogP contribution in [0.25, 0.3) is 6.08 Å². The van der Waals surface area contributed by atoms with Crippen molar-refractivity contribution in [2.75, 3.05) is 5.75 Å². The molecule has 1 aromatic carbocycles. The summed E-state index contributed by atoms with van der Waals surface area (Å²) in [6.07, 6.45) is 3.98. The van der Waals surface area contributed by atoms with Crippen molar-refractivity contribution in [2.45, 2.75) is 4.90 Å². The molecule has 0 bridgehead atoms. The molecule has 1 aliphatic heterocycles. The lowest BCUT2D eigenvalue weighted by Crippen LogP contribution is -2.09. The standard InChI is InChI=1S/C9H8OS.ClH.H2O/c10-11-7-3-5-8-4-1-2-6-9(8)11;;/h1-6H,7H2;1H;1H2. The van der Waals surface area contributed by atoms with Gasteiger partial charge in [0.2, 0.25) is 0 Å². The second-order valence-corrected chi connectivity index (χ2v) is 3.92. The fourth-order valence-electron chi connectivity index (χ4n) is 1.18. The number of hydrogen-bond donors (Lipinski definition) is 0. The zero-order chi connectivity index (χ0) is 7.68. The topological polar surface area (TPSA) is 54.6 Å². The average molecular weight is 219 g/mol. The van der Waals surface area contributed by atoms with Gasteiger partial charge >= 0.3 is 0 Å². The first-order chi connectivity index (χ1) is 5.38. The van der Waals surface area contributed by atoms with Gasteiger partial charge in [0.25, 0.3) is 0 Å². The second-order valence-electron chi connectivity index (χ2n) is 2.45. The molecule has 1 atom stereocenters. The van der Waals surface area contributed by atoms with Gasteiger partial charge in [-0.3, -0.25) is 0 Å². The number of hydrogen-bond acceptors (Lipinski definition) is 1. The fraction of sp³-hybridized carbons (Fsp3) is 0.111. The largest absolute Gasteiger partial charge is 0.611 e. The minimum atomic E-state index is -0.802. The van der Waals surface area contributed by atoms with Crippen LogP contribution >= 0.6 is 12.4 Å². The van der Waals surface area contributed by atoms with Crippen LogP contribution in [0.5, 0.6) is 0 Å². The van der Waals surface area contributed by atoms with E-state index in [4.69, 9.17) is 0 Å². The first-order valence-corrected chi connectivity index (χ1v) is 4.84. The zero-order valence-corrected chi connectivity index (χ0v) is 8.53. The van der Waals surface area contributed by atoms with E-state index in [9.17, 15) is 4.55 Å². The summed E-state index contributed by atoms with van der Waals surface area (Å²) in [6, 6.07) is 7.80. The van der Waals surface area contributed by atoms with Crippen LogP contribution < -0.4 is 0 Å². The number of rotatable bonds is 0. The van der Waals surface area contributed by atoms with Crippen molar-refractivity contribution < 1.29 is 10.0 Å². The lowest BCUT2D eigenvalue weighted by molar-refractivity contribution is 0.597. The van der Waals surface area contributed by atoms with Crippen molar-refractivity contribution in [2.24, 2.45) is 0 Å². The summed E-state index contributed by atoms with van der Waals surface area (Å²) in [6.45, 7) is 0. The summed E-state index contributed by atoms with van der Waals surface area (Å²) >= 11 is -0.802. The molecule has 1 unspecified atom stereocenters. The van der Waals surface area contributed by atoms with E-state index in [1.54, 1.807) is 0 Å². The first-order valence-electron chi connectivity index (χ1n) is 3.52. The summed E-state index contributed by atoms with van der Waals surface area (Å²) in [5.41, 5.74) is 1.09. The predicted molar refractivity (Wildman–Crippen MR) is 57.6 cm³/mol. The number of benzene rings is 1. The molecular weight excluding hydrogens is 208 g/mol. The van der Waals surface area contributed by atoms with E-state index in [1.807, 2.05) is 36.4 Å². The Morgan fingerprint density at radius 1 is 1.23 bits per heavy atom. The molecule has 0 spiro atoms. The Bertz CT molecular complexity index is 301. The second kappa shape index (κ2) is 5.29. The van der Waals surface area contributed by atoms with E-state index in [0.717, 1.165) is 10.5 Å². The van der Waals surface area contributed by atoms with Crippen molar-refractivity contribution in [3.63, 3.8) is 0 Å². The van der Waals surface area contributed by atoms with Crippen LogP contribution in [-0.2, 0) is 11.2 Å². The smallest absolute Gasteiger partial charge is 0.160 e. The molecule has 1 aliphatic rings. The van der Waals surface area contributed by atoms with Crippen molar-refractivity contribution in [1.82, 2.24) is 0 Å². The lowest BCUT2D eigenvalue weighted by Gasteiger charge is -2.13. The molecular formula is C9H11ClO2S. The van der Waals surface area contributed by atoms with E-state index in [1.165, 1.54) is 0 Å².